The maximum absolute atomic E-state index is 14.1. The molecule has 0 N–H and O–H groups in total. The second kappa shape index (κ2) is 6.48. The normalized spacial score (nSPS) is 20.3. The molecule has 0 spiro atoms. The third kappa shape index (κ3) is 2.43. The molecule has 2 amide bonds. The van der Waals surface area contributed by atoms with E-state index in [9.17, 15) is 14.0 Å². The number of carbonyl (C=O) groups excluding carboxylic acids is 2. The molecule has 3 aromatic rings. The van der Waals surface area contributed by atoms with E-state index in [0.29, 0.717) is 47.6 Å². The van der Waals surface area contributed by atoms with Crippen molar-refractivity contribution in [3.8, 4) is 0 Å². The number of hydrogen-bond donors (Lipinski definition) is 0. The fourth-order valence-electron chi connectivity index (χ4n) is 4.56. The van der Waals surface area contributed by atoms with E-state index in [-0.39, 0.29) is 17.6 Å². The summed E-state index contributed by atoms with van der Waals surface area (Å²) >= 11 is 0. The van der Waals surface area contributed by atoms with Crippen molar-refractivity contribution in [2.24, 2.45) is 0 Å². The Kier molecular flexibility index (Phi) is 3.99. The third-order valence-electron chi connectivity index (χ3n) is 6.06. The molecule has 0 bridgehead atoms. The average molecular weight is 406 g/mol. The second-order valence-corrected chi connectivity index (χ2v) is 7.70. The third-order valence-corrected chi connectivity index (χ3v) is 6.06. The molecule has 0 aliphatic carbocycles. The molecule has 5 rings (SSSR count). The van der Waals surface area contributed by atoms with Crippen LogP contribution in [0.25, 0.3) is 0 Å². The molecule has 2 aliphatic heterocycles. The minimum Gasteiger partial charge on any atom is -0.364 e. The lowest BCUT2D eigenvalue weighted by molar-refractivity contribution is 0.00704. The van der Waals surface area contributed by atoms with Crippen LogP contribution in [0.5, 0.6) is 0 Å². The molecule has 1 aromatic carbocycles. The first kappa shape index (κ1) is 18.5. The number of fused-ring (bicyclic) bond motifs is 2. The van der Waals surface area contributed by atoms with Gasteiger partial charge >= 0.3 is 0 Å². The van der Waals surface area contributed by atoms with Gasteiger partial charge in [-0.3, -0.25) is 14.6 Å². The molecule has 30 heavy (non-hydrogen) atoms. The topological polar surface area (TPSA) is 79.5 Å². The summed E-state index contributed by atoms with van der Waals surface area (Å²) in [6.45, 7) is 4.05. The fourth-order valence-corrected chi connectivity index (χ4v) is 4.56. The number of halogens is 1. The van der Waals surface area contributed by atoms with Crippen molar-refractivity contribution < 1.29 is 18.5 Å². The molecule has 8 heteroatoms. The lowest BCUT2D eigenvalue weighted by atomic mass is 9.84. The second-order valence-electron chi connectivity index (χ2n) is 7.70. The summed E-state index contributed by atoms with van der Waals surface area (Å²) in [6, 6.07) is 8.36. The van der Waals surface area contributed by atoms with E-state index < -0.39 is 5.66 Å². The van der Waals surface area contributed by atoms with Crippen LogP contribution < -0.4 is 0 Å². The predicted octanol–water partition coefficient (Wildman–Crippen LogP) is 2.83. The number of aromatic nitrogens is 2. The molecular weight excluding hydrogens is 387 g/mol. The summed E-state index contributed by atoms with van der Waals surface area (Å²) in [5.41, 5.74) is 2.03. The molecule has 4 heterocycles. The van der Waals surface area contributed by atoms with Gasteiger partial charge in [0.05, 0.1) is 5.69 Å². The average Bonchev–Trinajstić information content (AvgIpc) is 3.34. The zero-order valence-corrected chi connectivity index (χ0v) is 16.6. The first-order valence-corrected chi connectivity index (χ1v) is 9.69. The Bertz CT molecular complexity index is 1190. The van der Waals surface area contributed by atoms with E-state index in [1.165, 1.54) is 12.3 Å². The number of benzene rings is 1. The van der Waals surface area contributed by atoms with Crippen LogP contribution in [0.3, 0.4) is 0 Å². The molecule has 0 saturated carbocycles. The number of hydrogen-bond acceptors (Lipinski definition) is 5. The molecular formula is C22H19FN4O3. The Hall–Kier alpha value is -3.55. The molecule has 1 fully saturated rings. The number of amides is 2. The van der Waals surface area contributed by atoms with Gasteiger partial charge in [0, 0.05) is 25.7 Å². The summed E-state index contributed by atoms with van der Waals surface area (Å²) in [5, 5.41) is 3.82. The lowest BCUT2D eigenvalue weighted by Crippen LogP contribution is -2.58. The Morgan fingerprint density at radius 2 is 2.07 bits per heavy atom. The molecule has 152 valence electrons. The van der Waals surface area contributed by atoms with Gasteiger partial charge in [-0.05, 0) is 48.7 Å². The number of pyridine rings is 1. The number of nitrogens with zero attached hydrogens (tertiary/aromatic N) is 4. The van der Waals surface area contributed by atoms with Gasteiger partial charge in [0.1, 0.15) is 29.0 Å². The van der Waals surface area contributed by atoms with Gasteiger partial charge in [0.2, 0.25) is 0 Å². The zero-order chi connectivity index (χ0) is 21.0. The Balaban J connectivity index is 1.73. The van der Waals surface area contributed by atoms with Crippen LogP contribution in [0.15, 0.2) is 47.3 Å². The Morgan fingerprint density at radius 3 is 2.80 bits per heavy atom. The van der Waals surface area contributed by atoms with Gasteiger partial charge < -0.3 is 14.3 Å². The van der Waals surface area contributed by atoms with Crippen LogP contribution in [0.1, 0.15) is 43.2 Å². The minimum atomic E-state index is -1.08. The van der Waals surface area contributed by atoms with Gasteiger partial charge in [0.25, 0.3) is 11.8 Å². The highest BCUT2D eigenvalue weighted by atomic mass is 19.1. The van der Waals surface area contributed by atoms with Crippen LogP contribution in [0.4, 0.5) is 4.39 Å². The molecule has 2 aromatic heterocycles. The van der Waals surface area contributed by atoms with Crippen LogP contribution >= 0.6 is 0 Å². The number of rotatable bonds is 2. The highest BCUT2D eigenvalue weighted by Gasteiger charge is 2.56. The highest BCUT2D eigenvalue weighted by Crippen LogP contribution is 2.45. The zero-order valence-electron chi connectivity index (χ0n) is 16.6. The van der Waals surface area contributed by atoms with Crippen molar-refractivity contribution >= 4 is 11.8 Å². The van der Waals surface area contributed by atoms with Gasteiger partial charge in [-0.15, -0.1) is 0 Å². The van der Waals surface area contributed by atoms with Gasteiger partial charge in [-0.2, -0.15) is 0 Å². The van der Waals surface area contributed by atoms with Crippen LogP contribution in [-0.2, 0) is 12.1 Å². The van der Waals surface area contributed by atoms with Crippen LogP contribution in [0.2, 0.25) is 0 Å². The molecule has 7 nitrogen and oxygen atoms in total. The summed E-state index contributed by atoms with van der Waals surface area (Å²) < 4.78 is 19.0. The van der Waals surface area contributed by atoms with Crippen molar-refractivity contribution in [1.29, 1.82) is 0 Å². The van der Waals surface area contributed by atoms with Crippen LogP contribution in [0, 0.1) is 19.7 Å². The maximum Gasteiger partial charge on any atom is 0.274 e. The SMILES string of the molecule is Cc1cc(C23Cc4cccnc4C(=O)N2CCN3C(=O)c2conc2C)ccc1F. The first-order chi connectivity index (χ1) is 14.4. The summed E-state index contributed by atoms with van der Waals surface area (Å²) in [5.74, 6) is -0.855. The summed E-state index contributed by atoms with van der Waals surface area (Å²) in [6.07, 6.45) is 3.28. The molecule has 2 aliphatic rings. The highest BCUT2D eigenvalue weighted by molar-refractivity contribution is 5.99. The van der Waals surface area contributed by atoms with E-state index >= 15 is 0 Å². The van der Waals surface area contributed by atoms with Crippen molar-refractivity contribution in [3.63, 3.8) is 0 Å². The Morgan fingerprint density at radius 1 is 1.23 bits per heavy atom. The smallest absolute Gasteiger partial charge is 0.274 e. The fraction of sp³-hybridized carbons (Fsp3) is 0.273. The van der Waals surface area contributed by atoms with Crippen LogP contribution in [-0.4, -0.2) is 44.8 Å². The molecule has 1 atom stereocenters. The standard InChI is InChI=1S/C22H19FN4O3/c1-13-10-16(5-6-18(13)23)22-11-15-4-3-7-24-19(15)21(29)27(22)9-8-26(22)20(28)17-12-30-25-14(17)2/h3-7,10,12H,8-9,11H2,1-2H3. The molecule has 0 radical (unpaired) electrons. The van der Waals surface area contributed by atoms with E-state index in [0.717, 1.165) is 5.56 Å². The summed E-state index contributed by atoms with van der Waals surface area (Å²) in [4.78, 5) is 34.5. The maximum atomic E-state index is 14.1. The quantitative estimate of drug-likeness (QED) is 0.654. The van der Waals surface area contributed by atoms with Crippen molar-refractivity contribution in [1.82, 2.24) is 19.9 Å². The predicted molar refractivity (Wildman–Crippen MR) is 104 cm³/mol. The van der Waals surface area contributed by atoms with Crippen molar-refractivity contribution in [2.75, 3.05) is 13.1 Å². The van der Waals surface area contributed by atoms with Gasteiger partial charge in [-0.1, -0.05) is 17.3 Å². The van der Waals surface area contributed by atoms with E-state index in [1.54, 1.807) is 48.0 Å². The van der Waals surface area contributed by atoms with Gasteiger partial charge in [0.15, 0.2) is 0 Å². The monoisotopic (exact) mass is 406 g/mol. The Labute approximate surface area is 172 Å². The molecule has 1 saturated heterocycles. The van der Waals surface area contributed by atoms with E-state index in [1.807, 2.05) is 6.07 Å². The summed E-state index contributed by atoms with van der Waals surface area (Å²) in [7, 11) is 0. The lowest BCUT2D eigenvalue weighted by Gasteiger charge is -2.47. The van der Waals surface area contributed by atoms with Crippen molar-refractivity contribution in [3.05, 3.63) is 82.3 Å². The largest absolute Gasteiger partial charge is 0.364 e. The van der Waals surface area contributed by atoms with E-state index in [2.05, 4.69) is 10.1 Å². The number of carbonyl (C=O) groups is 2. The van der Waals surface area contributed by atoms with Crippen molar-refractivity contribution in [2.45, 2.75) is 25.9 Å². The minimum absolute atomic E-state index is 0.240. The first-order valence-electron chi connectivity index (χ1n) is 9.69. The molecule has 1 unspecified atom stereocenters. The number of aryl methyl sites for hydroxylation is 2. The van der Waals surface area contributed by atoms with E-state index in [4.69, 9.17) is 4.52 Å². The van der Waals surface area contributed by atoms with Gasteiger partial charge in [-0.25, -0.2) is 4.39 Å².